The first-order chi connectivity index (χ1) is 12.7. The molecule has 1 aliphatic carbocycles. The highest BCUT2D eigenvalue weighted by Crippen LogP contribution is 2.30. The summed E-state index contributed by atoms with van der Waals surface area (Å²) in [5, 5.41) is 3.67. The molecule has 3 amide bonds. The van der Waals surface area contributed by atoms with Gasteiger partial charge in [0.15, 0.2) is 0 Å². The summed E-state index contributed by atoms with van der Waals surface area (Å²) in [4.78, 5) is 32.0. The second-order valence-corrected chi connectivity index (χ2v) is 7.77. The van der Waals surface area contributed by atoms with E-state index in [1.54, 1.807) is 0 Å². The predicted octanol–water partition coefficient (Wildman–Crippen LogP) is 4.86. The van der Waals surface area contributed by atoms with Crippen molar-refractivity contribution in [2.24, 2.45) is 15.9 Å². The van der Waals surface area contributed by atoms with Gasteiger partial charge in [-0.25, -0.2) is 9.79 Å². The van der Waals surface area contributed by atoms with Gasteiger partial charge in [0.1, 0.15) is 0 Å². The van der Waals surface area contributed by atoms with Crippen molar-refractivity contribution in [2.45, 2.75) is 51.9 Å². The molecule has 138 valence electrons. The molecule has 1 saturated carbocycles. The van der Waals surface area contributed by atoms with Gasteiger partial charge in [-0.3, -0.25) is 4.79 Å². The molecule has 1 heterocycles. The van der Waals surface area contributed by atoms with Crippen molar-refractivity contribution in [3.05, 3.63) is 29.8 Å². The molecule has 1 aromatic rings. The predicted molar refractivity (Wildman–Crippen MR) is 108 cm³/mol. The summed E-state index contributed by atoms with van der Waals surface area (Å²) in [6.07, 6.45) is 7.46. The number of carbonyl (C=O) groups is 2. The molecular formula is C20H25N3O2S. The quantitative estimate of drug-likeness (QED) is 0.776. The topological polar surface area (TPSA) is 70.9 Å². The molecule has 0 saturated heterocycles. The first kappa shape index (κ1) is 18.8. The Bertz CT molecular complexity index is 725. The van der Waals surface area contributed by atoms with Crippen molar-refractivity contribution in [1.82, 2.24) is 0 Å². The van der Waals surface area contributed by atoms with Crippen LogP contribution in [0.1, 0.15) is 51.0 Å². The lowest BCUT2D eigenvalue weighted by atomic mass is 9.87. The van der Waals surface area contributed by atoms with E-state index in [0.717, 1.165) is 48.5 Å². The monoisotopic (exact) mass is 371 g/mol. The zero-order valence-corrected chi connectivity index (χ0v) is 16.0. The number of amides is 3. The number of rotatable bonds is 6. The van der Waals surface area contributed by atoms with Crippen LogP contribution in [0.25, 0.3) is 0 Å². The molecule has 1 atom stereocenters. The van der Waals surface area contributed by atoms with E-state index >= 15 is 0 Å². The molecule has 0 spiro atoms. The first-order valence-electron chi connectivity index (χ1n) is 9.37. The van der Waals surface area contributed by atoms with Gasteiger partial charge in [0, 0.05) is 17.3 Å². The number of carbonyl (C=O) groups excluding carboxylic acids is 2. The fourth-order valence-corrected chi connectivity index (χ4v) is 4.27. The maximum absolute atomic E-state index is 12.3. The van der Waals surface area contributed by atoms with Crippen LogP contribution in [0.5, 0.6) is 0 Å². The second-order valence-electron chi connectivity index (χ2n) is 6.77. The van der Waals surface area contributed by atoms with Gasteiger partial charge < -0.3 is 5.32 Å². The van der Waals surface area contributed by atoms with Crippen LogP contribution < -0.4 is 5.32 Å². The van der Waals surface area contributed by atoms with Gasteiger partial charge in [-0.2, -0.15) is 4.99 Å². The van der Waals surface area contributed by atoms with E-state index in [1.807, 2.05) is 12.1 Å². The van der Waals surface area contributed by atoms with Gasteiger partial charge >= 0.3 is 6.03 Å². The van der Waals surface area contributed by atoms with Gasteiger partial charge in [-0.05, 0) is 49.8 Å². The molecule has 0 radical (unpaired) electrons. The Kier molecular flexibility index (Phi) is 6.61. The van der Waals surface area contributed by atoms with Crippen LogP contribution in [0.4, 0.5) is 10.5 Å². The molecule has 2 aliphatic rings. The molecular weight excluding hydrogens is 346 g/mol. The van der Waals surface area contributed by atoms with E-state index in [-0.39, 0.29) is 17.6 Å². The molecule has 3 rings (SSSR count). The number of aryl methyl sites for hydroxylation is 1. The third kappa shape index (κ3) is 5.04. The van der Waals surface area contributed by atoms with Gasteiger partial charge in [-0.15, -0.1) is 0 Å². The van der Waals surface area contributed by atoms with Crippen molar-refractivity contribution in [2.75, 3.05) is 11.1 Å². The van der Waals surface area contributed by atoms with Crippen LogP contribution in [-0.2, 0) is 11.2 Å². The number of aliphatic imine (C=N–C) groups is 2. The SMILES string of the molecule is CCCCc1ccc(NC(=O)CSC2=NC(=O)N=C3CCCCC32)cc1. The van der Waals surface area contributed by atoms with Gasteiger partial charge in [-0.1, -0.05) is 43.7 Å². The second kappa shape index (κ2) is 9.12. The zero-order valence-electron chi connectivity index (χ0n) is 15.2. The molecule has 1 fully saturated rings. The summed E-state index contributed by atoms with van der Waals surface area (Å²) < 4.78 is 0. The van der Waals surface area contributed by atoms with Gasteiger partial charge in [0.2, 0.25) is 5.91 Å². The average molecular weight is 372 g/mol. The van der Waals surface area contributed by atoms with Crippen LogP contribution in [0, 0.1) is 5.92 Å². The maximum atomic E-state index is 12.3. The molecule has 6 heteroatoms. The molecule has 0 aromatic heterocycles. The molecule has 0 bridgehead atoms. The largest absolute Gasteiger partial charge is 0.367 e. The Hall–Kier alpha value is -1.95. The molecule has 1 N–H and O–H groups in total. The summed E-state index contributed by atoms with van der Waals surface area (Å²) in [6, 6.07) is 7.59. The highest BCUT2D eigenvalue weighted by Gasteiger charge is 2.30. The van der Waals surface area contributed by atoms with Crippen molar-refractivity contribution >= 4 is 40.1 Å². The van der Waals surface area contributed by atoms with Crippen LogP contribution in [0.15, 0.2) is 34.3 Å². The summed E-state index contributed by atoms with van der Waals surface area (Å²) in [5.74, 6) is 0.316. The van der Waals surface area contributed by atoms with Crippen LogP contribution >= 0.6 is 11.8 Å². The van der Waals surface area contributed by atoms with E-state index in [1.165, 1.54) is 30.2 Å². The lowest BCUT2D eigenvalue weighted by Crippen LogP contribution is -2.31. The van der Waals surface area contributed by atoms with Crippen molar-refractivity contribution in [3.63, 3.8) is 0 Å². The average Bonchev–Trinajstić information content (AvgIpc) is 2.65. The number of benzene rings is 1. The van der Waals surface area contributed by atoms with Crippen molar-refractivity contribution in [1.29, 1.82) is 0 Å². The molecule has 1 unspecified atom stereocenters. The molecule has 1 aliphatic heterocycles. The number of nitrogens with zero attached hydrogens (tertiary/aromatic N) is 2. The standard InChI is InChI=1S/C20H25N3O2S/c1-2-3-6-14-9-11-15(12-10-14)21-18(24)13-26-19-16-7-4-5-8-17(16)22-20(25)23-19/h9-12,16H,2-8,13H2,1H3,(H,21,24). The number of hydrogen-bond donors (Lipinski definition) is 1. The number of hydrogen-bond acceptors (Lipinski definition) is 3. The molecule has 1 aromatic carbocycles. The smallest absolute Gasteiger partial charge is 0.325 e. The van der Waals surface area contributed by atoms with Crippen molar-refractivity contribution < 1.29 is 9.59 Å². The van der Waals surface area contributed by atoms with E-state index in [4.69, 9.17) is 0 Å². The van der Waals surface area contributed by atoms with Crippen molar-refractivity contribution in [3.8, 4) is 0 Å². The summed E-state index contributed by atoms with van der Waals surface area (Å²) >= 11 is 1.36. The number of anilines is 1. The number of thioether (sulfide) groups is 1. The highest BCUT2D eigenvalue weighted by molar-refractivity contribution is 8.14. The number of urea groups is 1. The lowest BCUT2D eigenvalue weighted by Gasteiger charge is -2.26. The Balaban J connectivity index is 1.51. The Morgan fingerprint density at radius 3 is 2.81 bits per heavy atom. The Morgan fingerprint density at radius 1 is 1.23 bits per heavy atom. The third-order valence-electron chi connectivity index (χ3n) is 4.73. The van der Waals surface area contributed by atoms with Crippen LogP contribution in [-0.4, -0.2) is 28.4 Å². The van der Waals surface area contributed by atoms with E-state index in [9.17, 15) is 9.59 Å². The third-order valence-corrected chi connectivity index (χ3v) is 5.81. The minimum atomic E-state index is -0.427. The lowest BCUT2D eigenvalue weighted by molar-refractivity contribution is -0.113. The zero-order chi connectivity index (χ0) is 18.4. The minimum Gasteiger partial charge on any atom is -0.325 e. The number of nitrogens with one attached hydrogen (secondary N) is 1. The highest BCUT2D eigenvalue weighted by atomic mass is 32.2. The first-order valence-corrected chi connectivity index (χ1v) is 10.4. The number of fused-ring (bicyclic) bond motifs is 1. The van der Waals surface area contributed by atoms with Gasteiger partial charge in [0.05, 0.1) is 10.8 Å². The molecule has 5 nitrogen and oxygen atoms in total. The van der Waals surface area contributed by atoms with Crippen LogP contribution in [0.2, 0.25) is 0 Å². The Labute approximate surface area is 158 Å². The van der Waals surface area contributed by atoms with Crippen LogP contribution in [0.3, 0.4) is 0 Å². The summed E-state index contributed by atoms with van der Waals surface area (Å²) in [7, 11) is 0. The number of unbranched alkanes of at least 4 members (excludes halogenated alkanes) is 1. The summed E-state index contributed by atoms with van der Waals surface area (Å²) in [6.45, 7) is 2.18. The normalized spacial score (nSPS) is 19.4. The summed E-state index contributed by atoms with van der Waals surface area (Å²) in [5.41, 5.74) is 3.04. The van der Waals surface area contributed by atoms with Gasteiger partial charge in [0.25, 0.3) is 0 Å². The van der Waals surface area contributed by atoms with E-state index in [2.05, 4.69) is 34.4 Å². The molecule has 26 heavy (non-hydrogen) atoms. The van der Waals surface area contributed by atoms with E-state index in [0.29, 0.717) is 0 Å². The fourth-order valence-electron chi connectivity index (χ4n) is 3.32. The minimum absolute atomic E-state index is 0.0775. The Morgan fingerprint density at radius 2 is 2.04 bits per heavy atom. The maximum Gasteiger partial charge on any atom is 0.367 e. The fraction of sp³-hybridized carbons (Fsp3) is 0.500. The van der Waals surface area contributed by atoms with E-state index < -0.39 is 6.03 Å².